The van der Waals surface area contributed by atoms with Gasteiger partial charge in [0.2, 0.25) is 0 Å². The second kappa shape index (κ2) is 5.69. The maximum absolute atomic E-state index is 11.5. The van der Waals surface area contributed by atoms with Gasteiger partial charge in [0.15, 0.2) is 0 Å². The number of hydrogen-bond acceptors (Lipinski definition) is 4. The summed E-state index contributed by atoms with van der Waals surface area (Å²) >= 11 is 0. The minimum absolute atomic E-state index is 0.286. The van der Waals surface area contributed by atoms with Crippen molar-refractivity contribution in [1.29, 1.82) is 0 Å². The molecule has 0 saturated heterocycles. The summed E-state index contributed by atoms with van der Waals surface area (Å²) in [6, 6.07) is 7.42. The van der Waals surface area contributed by atoms with Crippen LogP contribution < -0.4 is 0 Å². The maximum atomic E-state index is 11.5. The first-order valence-electron chi connectivity index (χ1n) is 6.29. The molecule has 4 heteroatoms. The van der Waals surface area contributed by atoms with Crippen LogP contribution in [-0.4, -0.2) is 17.7 Å². The number of esters is 1. The number of nitrogens with zero attached hydrogens (tertiary/aromatic N) is 1. The first kappa shape index (κ1) is 13.3. The average molecular weight is 259 g/mol. The fraction of sp³-hybridized carbons (Fsp3) is 0.333. The van der Waals surface area contributed by atoms with Gasteiger partial charge >= 0.3 is 5.97 Å². The van der Waals surface area contributed by atoms with E-state index in [1.807, 2.05) is 26.0 Å². The predicted molar refractivity (Wildman–Crippen MR) is 71.2 cm³/mol. The number of aromatic nitrogens is 1. The molecule has 0 radical (unpaired) electrons. The Kier molecular flexibility index (Phi) is 4.00. The summed E-state index contributed by atoms with van der Waals surface area (Å²) in [5.74, 6) is 0.554. The molecule has 0 unspecified atom stereocenters. The quantitative estimate of drug-likeness (QED) is 0.792. The Morgan fingerprint density at radius 3 is 2.47 bits per heavy atom. The van der Waals surface area contributed by atoms with Gasteiger partial charge < -0.3 is 9.26 Å². The molecule has 19 heavy (non-hydrogen) atoms. The zero-order valence-corrected chi connectivity index (χ0v) is 11.4. The molecular weight excluding hydrogens is 242 g/mol. The highest BCUT2D eigenvalue weighted by Gasteiger charge is 2.10. The van der Waals surface area contributed by atoms with E-state index in [-0.39, 0.29) is 5.97 Å². The Balaban J connectivity index is 2.13. The molecule has 0 saturated carbocycles. The molecule has 0 spiro atoms. The smallest absolute Gasteiger partial charge is 0.338 e. The lowest BCUT2D eigenvalue weighted by molar-refractivity contribution is 0.0526. The Labute approximate surface area is 112 Å². The predicted octanol–water partition coefficient (Wildman–Crippen LogP) is 3.06. The minimum Gasteiger partial charge on any atom is -0.462 e. The van der Waals surface area contributed by atoms with Crippen molar-refractivity contribution in [3.63, 3.8) is 0 Å². The van der Waals surface area contributed by atoms with Crippen LogP contribution in [0.5, 0.6) is 0 Å². The van der Waals surface area contributed by atoms with Crippen LogP contribution in [0.2, 0.25) is 0 Å². The lowest BCUT2D eigenvalue weighted by atomic mass is 10.0. The van der Waals surface area contributed by atoms with Crippen molar-refractivity contribution in [2.24, 2.45) is 0 Å². The van der Waals surface area contributed by atoms with Crippen LogP contribution in [0, 0.1) is 13.8 Å². The molecular formula is C15H17NO3. The molecule has 0 aliphatic heterocycles. The Morgan fingerprint density at radius 1 is 1.26 bits per heavy atom. The fourth-order valence-corrected chi connectivity index (χ4v) is 1.93. The molecule has 0 amide bonds. The van der Waals surface area contributed by atoms with Gasteiger partial charge in [0.25, 0.3) is 0 Å². The standard InChI is InChI=1S/C15H17NO3/c1-4-18-15(17)13-7-5-12(6-8-13)9-14-10(2)16-19-11(14)3/h5-8H,4,9H2,1-3H3. The fourth-order valence-electron chi connectivity index (χ4n) is 1.93. The van der Waals surface area contributed by atoms with E-state index in [4.69, 9.17) is 9.26 Å². The maximum Gasteiger partial charge on any atom is 0.338 e. The van der Waals surface area contributed by atoms with E-state index < -0.39 is 0 Å². The number of carbonyl (C=O) groups excluding carboxylic acids is 1. The van der Waals surface area contributed by atoms with Gasteiger partial charge in [-0.15, -0.1) is 0 Å². The van der Waals surface area contributed by atoms with E-state index in [2.05, 4.69) is 5.16 Å². The summed E-state index contributed by atoms with van der Waals surface area (Å²) in [5, 5.41) is 3.93. The van der Waals surface area contributed by atoms with Crippen molar-refractivity contribution in [2.45, 2.75) is 27.2 Å². The van der Waals surface area contributed by atoms with Gasteiger partial charge in [0, 0.05) is 12.0 Å². The monoisotopic (exact) mass is 259 g/mol. The molecule has 0 aliphatic rings. The second-order valence-corrected chi connectivity index (χ2v) is 4.40. The molecule has 0 bridgehead atoms. The lowest BCUT2D eigenvalue weighted by Crippen LogP contribution is -2.04. The van der Waals surface area contributed by atoms with Crippen LogP contribution in [-0.2, 0) is 11.2 Å². The molecule has 1 aromatic heterocycles. The van der Waals surface area contributed by atoms with Gasteiger partial charge in [-0.1, -0.05) is 17.3 Å². The van der Waals surface area contributed by atoms with Crippen molar-refractivity contribution in [3.05, 3.63) is 52.4 Å². The van der Waals surface area contributed by atoms with E-state index in [1.54, 1.807) is 19.1 Å². The highest BCUT2D eigenvalue weighted by atomic mass is 16.5. The third-order valence-corrected chi connectivity index (χ3v) is 3.03. The van der Waals surface area contributed by atoms with Gasteiger partial charge in [0.1, 0.15) is 5.76 Å². The molecule has 0 atom stereocenters. The molecule has 2 aromatic rings. The first-order valence-corrected chi connectivity index (χ1v) is 6.29. The van der Waals surface area contributed by atoms with Crippen LogP contribution >= 0.6 is 0 Å². The van der Waals surface area contributed by atoms with Crippen molar-refractivity contribution in [3.8, 4) is 0 Å². The molecule has 1 aromatic carbocycles. The normalized spacial score (nSPS) is 10.5. The third-order valence-electron chi connectivity index (χ3n) is 3.03. The number of ether oxygens (including phenoxy) is 1. The summed E-state index contributed by atoms with van der Waals surface area (Å²) in [5.41, 5.74) is 3.70. The summed E-state index contributed by atoms with van der Waals surface area (Å²) in [7, 11) is 0. The summed E-state index contributed by atoms with van der Waals surface area (Å²) in [6.07, 6.45) is 0.754. The van der Waals surface area contributed by atoms with E-state index in [9.17, 15) is 4.79 Å². The Bertz CT molecular complexity index is 550. The first-order chi connectivity index (χ1) is 9.11. The van der Waals surface area contributed by atoms with Crippen molar-refractivity contribution in [1.82, 2.24) is 5.16 Å². The zero-order valence-electron chi connectivity index (χ0n) is 11.4. The SMILES string of the molecule is CCOC(=O)c1ccc(Cc2c(C)noc2C)cc1. The van der Waals surface area contributed by atoms with Gasteiger partial charge in [0.05, 0.1) is 17.9 Å². The van der Waals surface area contributed by atoms with Crippen LogP contribution in [0.1, 0.15) is 39.9 Å². The van der Waals surface area contributed by atoms with Crippen LogP contribution in [0.3, 0.4) is 0 Å². The van der Waals surface area contributed by atoms with Crippen LogP contribution in [0.15, 0.2) is 28.8 Å². The highest BCUT2D eigenvalue weighted by Crippen LogP contribution is 2.17. The number of carbonyl (C=O) groups is 1. The van der Waals surface area contributed by atoms with Crippen molar-refractivity contribution in [2.75, 3.05) is 6.61 Å². The van der Waals surface area contributed by atoms with E-state index >= 15 is 0 Å². The van der Waals surface area contributed by atoms with Gasteiger partial charge in [-0.25, -0.2) is 4.79 Å². The summed E-state index contributed by atoms with van der Waals surface area (Å²) in [4.78, 5) is 11.5. The molecule has 0 N–H and O–H groups in total. The molecule has 1 heterocycles. The van der Waals surface area contributed by atoms with E-state index in [0.717, 1.165) is 29.0 Å². The number of aryl methyl sites for hydroxylation is 2. The molecule has 0 aliphatic carbocycles. The summed E-state index contributed by atoms with van der Waals surface area (Å²) < 4.78 is 10.1. The second-order valence-electron chi connectivity index (χ2n) is 4.40. The van der Waals surface area contributed by atoms with E-state index in [0.29, 0.717) is 12.2 Å². The molecule has 100 valence electrons. The van der Waals surface area contributed by atoms with Gasteiger partial charge in [-0.2, -0.15) is 0 Å². The number of hydrogen-bond donors (Lipinski definition) is 0. The Hall–Kier alpha value is -2.10. The van der Waals surface area contributed by atoms with Gasteiger partial charge in [-0.05, 0) is 38.5 Å². The van der Waals surface area contributed by atoms with Gasteiger partial charge in [-0.3, -0.25) is 0 Å². The Morgan fingerprint density at radius 2 is 1.95 bits per heavy atom. The van der Waals surface area contributed by atoms with Crippen LogP contribution in [0.25, 0.3) is 0 Å². The summed E-state index contributed by atoms with van der Waals surface area (Å²) in [6.45, 7) is 6.02. The third kappa shape index (κ3) is 3.02. The number of rotatable bonds is 4. The minimum atomic E-state index is -0.286. The van der Waals surface area contributed by atoms with E-state index in [1.165, 1.54) is 0 Å². The van der Waals surface area contributed by atoms with Crippen molar-refractivity contribution < 1.29 is 14.1 Å². The largest absolute Gasteiger partial charge is 0.462 e. The zero-order chi connectivity index (χ0) is 13.8. The number of benzene rings is 1. The molecule has 4 nitrogen and oxygen atoms in total. The highest BCUT2D eigenvalue weighted by molar-refractivity contribution is 5.89. The lowest BCUT2D eigenvalue weighted by Gasteiger charge is -2.04. The molecule has 0 fully saturated rings. The van der Waals surface area contributed by atoms with Crippen LogP contribution in [0.4, 0.5) is 0 Å². The molecule has 2 rings (SSSR count). The van der Waals surface area contributed by atoms with Crippen molar-refractivity contribution >= 4 is 5.97 Å². The average Bonchev–Trinajstić information content (AvgIpc) is 2.72. The topological polar surface area (TPSA) is 52.3 Å².